The fourth-order valence-corrected chi connectivity index (χ4v) is 4.51. The zero-order valence-corrected chi connectivity index (χ0v) is 17.3. The topological polar surface area (TPSA) is 69.7 Å². The molecule has 3 heterocycles. The number of fused-ring (bicyclic) bond motifs is 2. The third-order valence-electron chi connectivity index (χ3n) is 5.07. The molecule has 0 fully saturated rings. The summed E-state index contributed by atoms with van der Waals surface area (Å²) in [7, 11) is 0. The van der Waals surface area contributed by atoms with E-state index in [9.17, 15) is 4.79 Å². The monoisotopic (exact) mass is 420 g/mol. The highest BCUT2D eigenvalue weighted by Gasteiger charge is 2.15. The van der Waals surface area contributed by atoms with E-state index in [1.54, 1.807) is 0 Å². The van der Waals surface area contributed by atoms with Gasteiger partial charge < -0.3 is 14.2 Å². The van der Waals surface area contributed by atoms with Gasteiger partial charge in [0.05, 0.1) is 12.3 Å². The molecule has 7 heteroatoms. The highest BCUT2D eigenvalue weighted by molar-refractivity contribution is 7.15. The van der Waals surface area contributed by atoms with Gasteiger partial charge in [0.15, 0.2) is 16.6 Å². The number of hydrogen-bond acceptors (Lipinski definition) is 6. The average Bonchev–Trinajstić information content (AvgIpc) is 3.46. The number of nitrogens with one attached hydrogen (secondary N) is 1. The van der Waals surface area contributed by atoms with Crippen LogP contribution in [-0.4, -0.2) is 24.3 Å². The third kappa shape index (κ3) is 3.89. The number of carbonyl (C=O) groups excluding carboxylic acids is 1. The molecule has 2 aliphatic rings. The Hall–Kier alpha value is -3.32. The maximum absolute atomic E-state index is 12.3. The number of hydrogen-bond donors (Lipinski definition) is 1. The Morgan fingerprint density at radius 3 is 2.93 bits per heavy atom. The van der Waals surface area contributed by atoms with Crippen LogP contribution in [0.2, 0.25) is 0 Å². The minimum absolute atomic E-state index is 0.199. The predicted molar refractivity (Wildman–Crippen MR) is 116 cm³/mol. The van der Waals surface area contributed by atoms with E-state index in [2.05, 4.69) is 16.4 Å². The summed E-state index contributed by atoms with van der Waals surface area (Å²) in [6.07, 6.45) is 4.98. The number of amides is 1. The molecular weight excluding hydrogens is 400 g/mol. The van der Waals surface area contributed by atoms with Gasteiger partial charge >= 0.3 is 0 Å². The van der Waals surface area contributed by atoms with Gasteiger partial charge in [-0.1, -0.05) is 12.1 Å². The van der Waals surface area contributed by atoms with Crippen molar-refractivity contribution in [2.45, 2.75) is 19.8 Å². The van der Waals surface area contributed by atoms with Crippen molar-refractivity contribution in [3.63, 3.8) is 0 Å². The Morgan fingerprint density at radius 2 is 2.00 bits per heavy atom. The molecule has 152 valence electrons. The van der Waals surface area contributed by atoms with Gasteiger partial charge in [0.25, 0.3) is 0 Å². The summed E-state index contributed by atoms with van der Waals surface area (Å²) < 4.78 is 16.3. The summed E-state index contributed by atoms with van der Waals surface area (Å²) in [6, 6.07) is 11.9. The van der Waals surface area contributed by atoms with Gasteiger partial charge in [0.1, 0.15) is 5.75 Å². The number of carbonyl (C=O) groups is 1. The van der Waals surface area contributed by atoms with Gasteiger partial charge in [-0.2, -0.15) is 0 Å². The summed E-state index contributed by atoms with van der Waals surface area (Å²) in [5.41, 5.74) is 4.19. The molecular formula is C23H20N2O4S. The quantitative estimate of drug-likeness (QED) is 0.621. The van der Waals surface area contributed by atoms with E-state index < -0.39 is 0 Å². The Morgan fingerprint density at radius 1 is 1.13 bits per heavy atom. The lowest BCUT2D eigenvalue weighted by molar-refractivity contribution is -0.111. The van der Waals surface area contributed by atoms with Crippen LogP contribution in [0.4, 0.5) is 5.13 Å². The van der Waals surface area contributed by atoms with Crippen molar-refractivity contribution in [2.24, 2.45) is 0 Å². The number of anilines is 1. The molecule has 1 amide bonds. The van der Waals surface area contributed by atoms with Crippen LogP contribution in [0.15, 0.2) is 42.5 Å². The zero-order valence-electron chi connectivity index (χ0n) is 16.4. The summed E-state index contributed by atoms with van der Waals surface area (Å²) in [5, 5.41) is 3.46. The van der Waals surface area contributed by atoms with E-state index in [1.165, 1.54) is 23.0 Å². The molecule has 0 atom stereocenters. The SMILES string of the molecule is Cc1nc(NC(=O)/C=C/c2ccc3c(c2)CCO3)sc1Cc1ccc2c(c1)OCO2. The molecule has 5 rings (SSSR count). The van der Waals surface area contributed by atoms with Crippen molar-refractivity contribution in [2.75, 3.05) is 18.7 Å². The van der Waals surface area contributed by atoms with E-state index in [0.29, 0.717) is 5.13 Å². The molecule has 2 aromatic carbocycles. The van der Waals surface area contributed by atoms with E-state index in [1.807, 2.05) is 43.3 Å². The number of aryl methyl sites for hydroxylation is 1. The Labute approximate surface area is 178 Å². The maximum Gasteiger partial charge on any atom is 0.250 e. The summed E-state index contributed by atoms with van der Waals surface area (Å²) >= 11 is 1.49. The third-order valence-corrected chi connectivity index (χ3v) is 6.14. The summed E-state index contributed by atoms with van der Waals surface area (Å²) in [4.78, 5) is 17.9. The van der Waals surface area contributed by atoms with Gasteiger partial charge in [-0.05, 0) is 54.0 Å². The average molecular weight is 420 g/mol. The molecule has 0 bridgehead atoms. The van der Waals surface area contributed by atoms with Crippen molar-refractivity contribution in [3.05, 3.63) is 69.7 Å². The molecule has 30 heavy (non-hydrogen) atoms. The number of aromatic nitrogens is 1. The second kappa shape index (κ2) is 7.84. The fraction of sp³-hybridized carbons (Fsp3) is 0.217. The molecule has 0 unspecified atom stereocenters. The van der Waals surface area contributed by atoms with Crippen molar-refractivity contribution >= 4 is 28.5 Å². The highest BCUT2D eigenvalue weighted by Crippen LogP contribution is 2.34. The molecule has 1 N–H and O–H groups in total. The van der Waals surface area contributed by atoms with Crippen LogP contribution in [0.5, 0.6) is 17.2 Å². The number of nitrogens with zero attached hydrogens (tertiary/aromatic N) is 1. The first-order valence-corrected chi connectivity index (χ1v) is 10.6. The first-order valence-electron chi connectivity index (χ1n) is 9.74. The first kappa shape index (κ1) is 18.7. The Kier molecular flexibility index (Phi) is 4.88. The number of ether oxygens (including phenoxy) is 3. The van der Waals surface area contributed by atoms with E-state index in [0.717, 1.165) is 58.4 Å². The van der Waals surface area contributed by atoms with Crippen LogP contribution in [-0.2, 0) is 17.6 Å². The van der Waals surface area contributed by atoms with Crippen LogP contribution in [0.3, 0.4) is 0 Å². The summed E-state index contributed by atoms with van der Waals surface area (Å²) in [5.74, 6) is 2.28. The van der Waals surface area contributed by atoms with Crippen molar-refractivity contribution < 1.29 is 19.0 Å². The standard InChI is InChI=1S/C23H20N2O4S/c1-14-21(12-16-3-6-19-20(11-16)29-13-28-19)30-23(24-14)25-22(26)7-4-15-2-5-18-17(10-15)8-9-27-18/h2-7,10-11H,8-9,12-13H2,1H3,(H,24,25,26)/b7-4+. The Balaban J connectivity index is 1.24. The number of rotatable bonds is 5. The lowest BCUT2D eigenvalue weighted by atomic mass is 10.1. The summed E-state index contributed by atoms with van der Waals surface area (Å²) in [6.45, 7) is 2.94. The fourth-order valence-electron chi connectivity index (χ4n) is 3.51. The number of benzene rings is 2. The Bertz CT molecular complexity index is 1150. The second-order valence-electron chi connectivity index (χ2n) is 7.18. The van der Waals surface area contributed by atoms with Gasteiger partial charge in [0.2, 0.25) is 12.7 Å². The van der Waals surface area contributed by atoms with Crippen LogP contribution >= 0.6 is 11.3 Å². The van der Waals surface area contributed by atoms with Gasteiger partial charge in [0, 0.05) is 23.8 Å². The van der Waals surface area contributed by atoms with Crippen LogP contribution in [0.1, 0.15) is 27.3 Å². The largest absolute Gasteiger partial charge is 0.493 e. The molecule has 6 nitrogen and oxygen atoms in total. The minimum atomic E-state index is -0.199. The van der Waals surface area contributed by atoms with Gasteiger partial charge in [-0.25, -0.2) is 4.98 Å². The molecule has 2 aliphatic heterocycles. The van der Waals surface area contributed by atoms with Crippen LogP contribution in [0, 0.1) is 6.92 Å². The number of thiazole rings is 1. The lowest BCUT2D eigenvalue weighted by Gasteiger charge is -2.02. The predicted octanol–water partition coefficient (Wildman–Crippen LogP) is 4.36. The van der Waals surface area contributed by atoms with Crippen LogP contribution < -0.4 is 19.5 Å². The van der Waals surface area contributed by atoms with E-state index >= 15 is 0 Å². The minimum Gasteiger partial charge on any atom is -0.493 e. The second-order valence-corrected chi connectivity index (χ2v) is 8.26. The van der Waals surface area contributed by atoms with E-state index in [4.69, 9.17) is 14.2 Å². The smallest absolute Gasteiger partial charge is 0.250 e. The maximum atomic E-state index is 12.3. The molecule has 3 aromatic rings. The zero-order chi connectivity index (χ0) is 20.5. The molecule has 0 saturated heterocycles. The van der Waals surface area contributed by atoms with Crippen LogP contribution in [0.25, 0.3) is 6.08 Å². The first-order chi connectivity index (χ1) is 14.6. The van der Waals surface area contributed by atoms with Crippen molar-refractivity contribution in [3.8, 4) is 17.2 Å². The van der Waals surface area contributed by atoms with Gasteiger partial charge in [-0.3, -0.25) is 10.1 Å². The van der Waals surface area contributed by atoms with Crippen molar-refractivity contribution in [1.82, 2.24) is 4.98 Å². The lowest BCUT2D eigenvalue weighted by Crippen LogP contribution is -2.07. The normalized spacial score (nSPS) is 14.0. The molecule has 0 saturated carbocycles. The highest BCUT2D eigenvalue weighted by atomic mass is 32.1. The van der Waals surface area contributed by atoms with Crippen molar-refractivity contribution in [1.29, 1.82) is 0 Å². The molecule has 1 aromatic heterocycles. The molecule has 0 radical (unpaired) electrons. The molecule has 0 spiro atoms. The van der Waals surface area contributed by atoms with Gasteiger partial charge in [-0.15, -0.1) is 11.3 Å². The van der Waals surface area contributed by atoms with E-state index in [-0.39, 0.29) is 12.7 Å². The molecule has 0 aliphatic carbocycles.